The van der Waals surface area contributed by atoms with E-state index in [0.29, 0.717) is 11.3 Å². The zero-order chi connectivity index (χ0) is 17.8. The summed E-state index contributed by atoms with van der Waals surface area (Å²) in [6, 6.07) is 10.5. The molecule has 25 heavy (non-hydrogen) atoms. The van der Waals surface area contributed by atoms with Gasteiger partial charge in [0.1, 0.15) is 5.82 Å². The fourth-order valence-electron chi connectivity index (χ4n) is 2.85. The number of benzene rings is 2. The molecular formula is C19H18ClFN2O2. The quantitative estimate of drug-likeness (QED) is 0.884. The number of nitrogens with zero attached hydrogens (tertiary/aromatic N) is 1. The van der Waals surface area contributed by atoms with Crippen molar-refractivity contribution < 1.29 is 14.0 Å². The maximum Gasteiger partial charge on any atom is 0.258 e. The van der Waals surface area contributed by atoms with Gasteiger partial charge in [0.05, 0.1) is 5.56 Å². The fourth-order valence-corrected chi connectivity index (χ4v) is 3.01. The van der Waals surface area contributed by atoms with Crippen LogP contribution in [0, 0.1) is 5.82 Å². The number of carbonyl (C=O) groups excluding carboxylic acids is 2. The third-order valence-corrected chi connectivity index (χ3v) is 4.44. The van der Waals surface area contributed by atoms with Crippen LogP contribution in [-0.4, -0.2) is 29.8 Å². The van der Waals surface area contributed by atoms with Crippen molar-refractivity contribution in [1.82, 2.24) is 4.90 Å². The average Bonchev–Trinajstić information content (AvgIpc) is 2.62. The van der Waals surface area contributed by atoms with E-state index >= 15 is 0 Å². The van der Waals surface area contributed by atoms with Crippen LogP contribution in [0.5, 0.6) is 0 Å². The summed E-state index contributed by atoms with van der Waals surface area (Å²) in [7, 11) is 0. The van der Waals surface area contributed by atoms with Gasteiger partial charge in [0, 0.05) is 29.4 Å². The predicted octanol–water partition coefficient (Wildman–Crippen LogP) is 4.36. The number of amides is 2. The number of halogens is 2. The average molecular weight is 361 g/mol. The Morgan fingerprint density at radius 1 is 1.00 bits per heavy atom. The zero-order valence-electron chi connectivity index (χ0n) is 13.6. The lowest BCUT2D eigenvalue weighted by Crippen LogP contribution is -2.35. The first kappa shape index (κ1) is 17.4. The standard InChI is InChI=1S/C19H18ClFN2O2/c20-14-6-9-16(17(21)12-14)18(24)22-15-7-4-13(5-8-15)19(25)23-10-2-1-3-11-23/h4-9,12H,1-3,10-11H2,(H,22,24). The molecular weight excluding hydrogens is 343 g/mol. The summed E-state index contributed by atoms with van der Waals surface area (Å²) in [4.78, 5) is 26.4. The van der Waals surface area contributed by atoms with E-state index in [2.05, 4.69) is 5.32 Å². The van der Waals surface area contributed by atoms with Gasteiger partial charge in [0.2, 0.25) is 0 Å². The first-order valence-corrected chi connectivity index (χ1v) is 8.58. The summed E-state index contributed by atoms with van der Waals surface area (Å²) in [5.74, 6) is -1.24. The van der Waals surface area contributed by atoms with Crippen LogP contribution in [0.3, 0.4) is 0 Å². The lowest BCUT2D eigenvalue weighted by atomic mass is 10.1. The van der Waals surface area contributed by atoms with Crippen molar-refractivity contribution in [2.24, 2.45) is 0 Å². The highest BCUT2D eigenvalue weighted by Gasteiger charge is 2.18. The van der Waals surface area contributed by atoms with Gasteiger partial charge in [-0.15, -0.1) is 0 Å². The van der Waals surface area contributed by atoms with E-state index in [-0.39, 0.29) is 16.5 Å². The first-order chi connectivity index (χ1) is 12.0. The molecule has 0 atom stereocenters. The molecule has 1 heterocycles. The number of nitrogens with one attached hydrogen (secondary N) is 1. The van der Waals surface area contributed by atoms with Crippen LogP contribution in [0.15, 0.2) is 42.5 Å². The molecule has 1 fully saturated rings. The maximum absolute atomic E-state index is 13.8. The summed E-state index contributed by atoms with van der Waals surface area (Å²) in [6.07, 6.45) is 3.23. The van der Waals surface area contributed by atoms with Crippen LogP contribution in [-0.2, 0) is 0 Å². The number of hydrogen-bond acceptors (Lipinski definition) is 2. The first-order valence-electron chi connectivity index (χ1n) is 8.20. The van der Waals surface area contributed by atoms with E-state index in [0.717, 1.165) is 38.4 Å². The molecule has 2 aromatic carbocycles. The lowest BCUT2D eigenvalue weighted by molar-refractivity contribution is 0.0724. The van der Waals surface area contributed by atoms with Gasteiger partial charge in [-0.05, 0) is 61.7 Å². The summed E-state index contributed by atoms with van der Waals surface area (Å²) in [5, 5.41) is 2.85. The minimum atomic E-state index is -0.679. The van der Waals surface area contributed by atoms with Gasteiger partial charge in [-0.3, -0.25) is 9.59 Å². The van der Waals surface area contributed by atoms with Gasteiger partial charge < -0.3 is 10.2 Å². The number of carbonyl (C=O) groups is 2. The third-order valence-electron chi connectivity index (χ3n) is 4.21. The fraction of sp³-hybridized carbons (Fsp3) is 0.263. The molecule has 1 aliphatic rings. The summed E-state index contributed by atoms with van der Waals surface area (Å²) in [5.41, 5.74) is 0.991. The van der Waals surface area contributed by atoms with Crippen molar-refractivity contribution >= 4 is 29.1 Å². The normalized spacial score (nSPS) is 14.2. The predicted molar refractivity (Wildman–Crippen MR) is 95.6 cm³/mol. The van der Waals surface area contributed by atoms with E-state index in [1.807, 2.05) is 4.90 Å². The Hall–Kier alpha value is -2.40. The third kappa shape index (κ3) is 4.17. The molecule has 0 saturated carbocycles. The molecule has 0 radical (unpaired) electrons. The monoisotopic (exact) mass is 360 g/mol. The van der Waals surface area contributed by atoms with Gasteiger partial charge in [-0.25, -0.2) is 4.39 Å². The molecule has 0 spiro atoms. The Labute approximate surface area is 150 Å². The molecule has 0 bridgehead atoms. The number of likely N-dealkylation sites (tertiary alicyclic amines) is 1. The topological polar surface area (TPSA) is 49.4 Å². The molecule has 1 N–H and O–H groups in total. The van der Waals surface area contributed by atoms with Crippen LogP contribution in [0.4, 0.5) is 10.1 Å². The molecule has 0 aliphatic carbocycles. The number of anilines is 1. The Kier molecular flexibility index (Phi) is 5.34. The number of piperidine rings is 1. The second kappa shape index (κ2) is 7.66. The van der Waals surface area contributed by atoms with Crippen LogP contribution in [0.2, 0.25) is 5.02 Å². The Morgan fingerprint density at radius 3 is 2.32 bits per heavy atom. The highest BCUT2D eigenvalue weighted by Crippen LogP contribution is 2.18. The molecule has 0 unspecified atom stereocenters. The van der Waals surface area contributed by atoms with Crippen LogP contribution in [0.1, 0.15) is 40.0 Å². The molecule has 1 aliphatic heterocycles. The lowest BCUT2D eigenvalue weighted by Gasteiger charge is -2.26. The van der Waals surface area contributed by atoms with Gasteiger partial charge in [-0.2, -0.15) is 0 Å². The summed E-state index contributed by atoms with van der Waals surface area (Å²) >= 11 is 5.69. The van der Waals surface area contributed by atoms with E-state index in [4.69, 9.17) is 11.6 Å². The van der Waals surface area contributed by atoms with Crippen molar-refractivity contribution in [2.75, 3.05) is 18.4 Å². The summed E-state index contributed by atoms with van der Waals surface area (Å²) in [6.45, 7) is 1.57. The molecule has 2 amide bonds. The van der Waals surface area contributed by atoms with Crippen LogP contribution in [0.25, 0.3) is 0 Å². The van der Waals surface area contributed by atoms with Crippen molar-refractivity contribution in [1.29, 1.82) is 0 Å². The second-order valence-electron chi connectivity index (χ2n) is 6.01. The Balaban J connectivity index is 1.67. The smallest absolute Gasteiger partial charge is 0.258 e. The van der Waals surface area contributed by atoms with E-state index in [1.54, 1.807) is 24.3 Å². The number of rotatable bonds is 3. The molecule has 130 valence electrons. The minimum absolute atomic E-state index is 0.00122. The molecule has 3 rings (SSSR count). The Bertz CT molecular complexity index is 787. The molecule has 1 saturated heterocycles. The molecule has 0 aromatic heterocycles. The van der Waals surface area contributed by atoms with E-state index < -0.39 is 11.7 Å². The number of hydrogen-bond donors (Lipinski definition) is 1. The van der Waals surface area contributed by atoms with Crippen molar-refractivity contribution in [3.05, 3.63) is 64.4 Å². The zero-order valence-corrected chi connectivity index (χ0v) is 14.4. The van der Waals surface area contributed by atoms with Crippen LogP contribution >= 0.6 is 11.6 Å². The SMILES string of the molecule is O=C(Nc1ccc(C(=O)N2CCCCC2)cc1)c1ccc(Cl)cc1F. The van der Waals surface area contributed by atoms with Gasteiger partial charge in [-0.1, -0.05) is 11.6 Å². The second-order valence-corrected chi connectivity index (χ2v) is 6.44. The minimum Gasteiger partial charge on any atom is -0.339 e. The highest BCUT2D eigenvalue weighted by atomic mass is 35.5. The summed E-state index contributed by atoms with van der Waals surface area (Å²) < 4.78 is 13.8. The van der Waals surface area contributed by atoms with E-state index in [9.17, 15) is 14.0 Å². The van der Waals surface area contributed by atoms with Gasteiger partial charge in [0.15, 0.2) is 0 Å². The molecule has 2 aromatic rings. The van der Waals surface area contributed by atoms with E-state index in [1.165, 1.54) is 12.1 Å². The van der Waals surface area contributed by atoms with Crippen molar-refractivity contribution in [3.8, 4) is 0 Å². The van der Waals surface area contributed by atoms with Crippen molar-refractivity contribution in [2.45, 2.75) is 19.3 Å². The maximum atomic E-state index is 13.8. The molecule has 4 nitrogen and oxygen atoms in total. The van der Waals surface area contributed by atoms with Crippen molar-refractivity contribution in [3.63, 3.8) is 0 Å². The largest absolute Gasteiger partial charge is 0.339 e. The van der Waals surface area contributed by atoms with Gasteiger partial charge >= 0.3 is 0 Å². The highest BCUT2D eigenvalue weighted by molar-refractivity contribution is 6.30. The molecule has 6 heteroatoms. The Morgan fingerprint density at radius 2 is 1.68 bits per heavy atom. The van der Waals surface area contributed by atoms with Gasteiger partial charge in [0.25, 0.3) is 11.8 Å². The van der Waals surface area contributed by atoms with Crippen LogP contribution < -0.4 is 5.32 Å².